The number of likely N-dealkylation sites (tertiary alicyclic amines) is 1. The van der Waals surface area contributed by atoms with Crippen LogP contribution in [0.5, 0.6) is 5.75 Å². The summed E-state index contributed by atoms with van der Waals surface area (Å²) in [4.78, 5) is 14.7. The fourth-order valence-electron chi connectivity index (χ4n) is 3.50. The molecule has 2 aliphatic heterocycles. The molecule has 0 aromatic heterocycles. The van der Waals surface area contributed by atoms with Crippen molar-refractivity contribution < 1.29 is 9.53 Å². The van der Waals surface area contributed by atoms with Crippen LogP contribution in [0.25, 0.3) is 0 Å². The van der Waals surface area contributed by atoms with Gasteiger partial charge in [0.05, 0.1) is 0 Å². The van der Waals surface area contributed by atoms with E-state index >= 15 is 0 Å². The van der Waals surface area contributed by atoms with Gasteiger partial charge in [-0.25, -0.2) is 0 Å². The molecule has 0 aliphatic carbocycles. The van der Waals surface area contributed by atoms with Crippen molar-refractivity contribution in [3.63, 3.8) is 0 Å². The summed E-state index contributed by atoms with van der Waals surface area (Å²) in [6, 6.07) is 10.4. The van der Waals surface area contributed by atoms with E-state index in [1.54, 1.807) is 0 Å². The van der Waals surface area contributed by atoms with E-state index in [2.05, 4.69) is 12.2 Å². The Bertz CT molecular complexity index is 483. The lowest BCUT2D eigenvalue weighted by Gasteiger charge is -2.36. The lowest BCUT2D eigenvalue weighted by Crippen LogP contribution is -2.47. The molecule has 2 aliphatic rings. The molecule has 0 saturated carbocycles. The average molecular weight is 302 g/mol. The minimum Gasteiger partial charge on any atom is -0.490 e. The fourth-order valence-corrected chi connectivity index (χ4v) is 3.50. The van der Waals surface area contributed by atoms with Crippen molar-refractivity contribution in [2.24, 2.45) is 5.92 Å². The highest BCUT2D eigenvalue weighted by Gasteiger charge is 2.31. The SMILES string of the molecule is C[C@H]1C[C@@H](C(=O)N2CCC(Oc3ccccc3)CC2)CCN1. The second kappa shape index (κ2) is 7.14. The number of carbonyl (C=O) groups excluding carboxylic acids is 1. The number of amides is 1. The number of nitrogens with zero attached hydrogens (tertiary/aromatic N) is 1. The van der Waals surface area contributed by atoms with Gasteiger partial charge in [0.15, 0.2) is 0 Å². The molecule has 0 bridgehead atoms. The van der Waals surface area contributed by atoms with Gasteiger partial charge in [-0.2, -0.15) is 0 Å². The van der Waals surface area contributed by atoms with E-state index in [0.29, 0.717) is 11.9 Å². The van der Waals surface area contributed by atoms with Crippen LogP contribution in [0.2, 0.25) is 0 Å². The van der Waals surface area contributed by atoms with E-state index in [-0.39, 0.29) is 12.0 Å². The Kier molecular flexibility index (Phi) is 4.98. The van der Waals surface area contributed by atoms with Gasteiger partial charge in [-0.1, -0.05) is 18.2 Å². The van der Waals surface area contributed by atoms with Crippen LogP contribution in [-0.2, 0) is 4.79 Å². The van der Waals surface area contributed by atoms with Gasteiger partial charge in [0.1, 0.15) is 11.9 Å². The Hall–Kier alpha value is -1.55. The molecular weight excluding hydrogens is 276 g/mol. The third-order valence-corrected chi connectivity index (χ3v) is 4.77. The molecule has 1 amide bonds. The Balaban J connectivity index is 1.48. The van der Waals surface area contributed by atoms with Gasteiger partial charge < -0.3 is 15.0 Å². The molecule has 3 rings (SSSR count). The van der Waals surface area contributed by atoms with E-state index in [1.807, 2.05) is 35.2 Å². The first-order chi connectivity index (χ1) is 10.7. The van der Waals surface area contributed by atoms with Gasteiger partial charge in [0, 0.05) is 37.9 Å². The number of carbonyl (C=O) groups is 1. The number of nitrogens with one attached hydrogen (secondary N) is 1. The van der Waals surface area contributed by atoms with Crippen LogP contribution in [0.1, 0.15) is 32.6 Å². The van der Waals surface area contributed by atoms with Crippen LogP contribution in [0, 0.1) is 5.92 Å². The molecule has 1 aromatic rings. The molecule has 1 N–H and O–H groups in total. The number of ether oxygens (including phenoxy) is 1. The van der Waals surface area contributed by atoms with Crippen molar-refractivity contribution in [1.29, 1.82) is 0 Å². The molecular formula is C18H26N2O2. The predicted octanol–water partition coefficient (Wildman–Crippen LogP) is 2.44. The first kappa shape index (κ1) is 15.3. The standard InChI is InChI=1S/C18H26N2O2/c1-14-13-15(7-10-19-14)18(21)20-11-8-17(9-12-20)22-16-5-3-2-4-6-16/h2-6,14-15,17,19H,7-13H2,1H3/t14-,15-/m0/s1. The van der Waals surface area contributed by atoms with Crippen molar-refractivity contribution in [2.75, 3.05) is 19.6 Å². The van der Waals surface area contributed by atoms with Gasteiger partial charge in [-0.3, -0.25) is 4.79 Å². The highest BCUT2D eigenvalue weighted by molar-refractivity contribution is 5.79. The summed E-state index contributed by atoms with van der Waals surface area (Å²) in [6.45, 7) is 4.79. The smallest absolute Gasteiger partial charge is 0.225 e. The fraction of sp³-hybridized carbons (Fsp3) is 0.611. The highest BCUT2D eigenvalue weighted by atomic mass is 16.5. The van der Waals surface area contributed by atoms with Crippen molar-refractivity contribution in [3.8, 4) is 5.75 Å². The summed E-state index contributed by atoms with van der Waals surface area (Å²) in [5.74, 6) is 1.49. The number of para-hydroxylation sites is 1. The molecule has 0 radical (unpaired) electrons. The molecule has 2 fully saturated rings. The maximum Gasteiger partial charge on any atom is 0.225 e. The van der Waals surface area contributed by atoms with E-state index < -0.39 is 0 Å². The quantitative estimate of drug-likeness (QED) is 0.932. The van der Waals surface area contributed by atoms with Crippen molar-refractivity contribution in [3.05, 3.63) is 30.3 Å². The monoisotopic (exact) mass is 302 g/mol. The molecule has 120 valence electrons. The predicted molar refractivity (Wildman–Crippen MR) is 86.9 cm³/mol. The Morgan fingerprint density at radius 1 is 1.18 bits per heavy atom. The van der Waals surface area contributed by atoms with Crippen molar-refractivity contribution in [1.82, 2.24) is 10.2 Å². The van der Waals surface area contributed by atoms with Gasteiger partial charge in [-0.15, -0.1) is 0 Å². The molecule has 0 unspecified atom stereocenters. The lowest BCUT2D eigenvalue weighted by atomic mass is 9.91. The minimum atomic E-state index is 0.211. The van der Waals surface area contributed by atoms with Crippen LogP contribution in [0.15, 0.2) is 30.3 Å². The van der Waals surface area contributed by atoms with Crippen LogP contribution in [0.4, 0.5) is 0 Å². The van der Waals surface area contributed by atoms with Crippen LogP contribution >= 0.6 is 0 Å². The molecule has 2 atom stereocenters. The lowest BCUT2D eigenvalue weighted by molar-refractivity contribution is -0.138. The van der Waals surface area contributed by atoms with Crippen LogP contribution in [-0.4, -0.2) is 42.6 Å². The van der Waals surface area contributed by atoms with Crippen molar-refractivity contribution >= 4 is 5.91 Å². The highest BCUT2D eigenvalue weighted by Crippen LogP contribution is 2.23. The first-order valence-corrected chi connectivity index (χ1v) is 8.46. The normalized spacial score (nSPS) is 26.7. The zero-order valence-electron chi connectivity index (χ0n) is 13.3. The van der Waals surface area contributed by atoms with E-state index in [0.717, 1.165) is 51.1 Å². The number of hydrogen-bond donors (Lipinski definition) is 1. The minimum absolute atomic E-state index is 0.211. The number of hydrogen-bond acceptors (Lipinski definition) is 3. The maximum absolute atomic E-state index is 12.6. The Labute approximate surface area is 132 Å². The van der Waals surface area contributed by atoms with E-state index in [1.165, 1.54) is 0 Å². The summed E-state index contributed by atoms with van der Waals surface area (Å²) >= 11 is 0. The molecule has 22 heavy (non-hydrogen) atoms. The van der Waals surface area contributed by atoms with E-state index in [4.69, 9.17) is 4.74 Å². The zero-order chi connectivity index (χ0) is 15.4. The topological polar surface area (TPSA) is 41.6 Å². The molecule has 4 nitrogen and oxygen atoms in total. The van der Waals surface area contributed by atoms with Crippen molar-refractivity contribution in [2.45, 2.75) is 44.8 Å². The Morgan fingerprint density at radius 3 is 2.59 bits per heavy atom. The number of rotatable bonds is 3. The number of piperidine rings is 2. The molecule has 0 spiro atoms. The van der Waals surface area contributed by atoms with Gasteiger partial charge >= 0.3 is 0 Å². The molecule has 4 heteroatoms. The average Bonchev–Trinajstić information content (AvgIpc) is 2.56. The summed E-state index contributed by atoms with van der Waals surface area (Å²) in [7, 11) is 0. The summed E-state index contributed by atoms with van der Waals surface area (Å²) in [5.41, 5.74) is 0. The Morgan fingerprint density at radius 2 is 1.91 bits per heavy atom. The first-order valence-electron chi connectivity index (χ1n) is 8.46. The van der Waals surface area contributed by atoms with Gasteiger partial charge in [0.2, 0.25) is 5.91 Å². The zero-order valence-corrected chi connectivity index (χ0v) is 13.3. The van der Waals surface area contributed by atoms with Gasteiger partial charge in [0.25, 0.3) is 0 Å². The second-order valence-electron chi connectivity index (χ2n) is 6.53. The summed E-state index contributed by atoms with van der Waals surface area (Å²) in [5, 5.41) is 3.41. The third kappa shape index (κ3) is 3.80. The van der Waals surface area contributed by atoms with E-state index in [9.17, 15) is 4.79 Å². The molecule has 2 saturated heterocycles. The van der Waals surface area contributed by atoms with Crippen LogP contribution in [0.3, 0.4) is 0 Å². The third-order valence-electron chi connectivity index (χ3n) is 4.77. The van der Waals surface area contributed by atoms with Crippen LogP contribution < -0.4 is 10.1 Å². The molecule has 2 heterocycles. The molecule has 1 aromatic carbocycles. The second-order valence-corrected chi connectivity index (χ2v) is 6.53. The van der Waals surface area contributed by atoms with Gasteiger partial charge in [-0.05, 0) is 38.4 Å². The largest absolute Gasteiger partial charge is 0.490 e. The maximum atomic E-state index is 12.6. The summed E-state index contributed by atoms with van der Waals surface area (Å²) in [6.07, 6.45) is 4.05. The number of benzene rings is 1. The summed E-state index contributed by atoms with van der Waals surface area (Å²) < 4.78 is 6.00.